The summed E-state index contributed by atoms with van der Waals surface area (Å²) in [6, 6.07) is 12.9. The van der Waals surface area contributed by atoms with E-state index in [0.717, 1.165) is 17.7 Å². The van der Waals surface area contributed by atoms with E-state index < -0.39 is 0 Å². The average molecular weight is 354 g/mol. The largest absolute Gasteiger partial charge is 0.484 e. The lowest BCUT2D eigenvalue weighted by Gasteiger charge is -2.28. The SMILES string of the molecule is CCc1cccc(OCC(=O)Nc2ccc3c(c2)OCC(=O)N3CC)c1. The summed E-state index contributed by atoms with van der Waals surface area (Å²) < 4.78 is 11.0. The molecule has 6 nitrogen and oxygen atoms in total. The number of ether oxygens (including phenoxy) is 2. The summed E-state index contributed by atoms with van der Waals surface area (Å²) >= 11 is 0. The van der Waals surface area contributed by atoms with Crippen molar-refractivity contribution in [1.82, 2.24) is 0 Å². The number of hydrogen-bond acceptors (Lipinski definition) is 4. The van der Waals surface area contributed by atoms with Gasteiger partial charge in [0.05, 0.1) is 5.69 Å². The van der Waals surface area contributed by atoms with E-state index in [1.807, 2.05) is 31.2 Å². The molecule has 0 fully saturated rings. The van der Waals surface area contributed by atoms with E-state index in [1.165, 1.54) is 0 Å². The number of fused-ring (bicyclic) bond motifs is 1. The summed E-state index contributed by atoms with van der Waals surface area (Å²) in [6.45, 7) is 4.48. The van der Waals surface area contributed by atoms with Gasteiger partial charge in [-0.1, -0.05) is 19.1 Å². The van der Waals surface area contributed by atoms with Gasteiger partial charge in [0.2, 0.25) is 0 Å². The third-order valence-electron chi connectivity index (χ3n) is 4.18. The third-order valence-corrected chi connectivity index (χ3v) is 4.18. The Kier molecular flexibility index (Phi) is 5.41. The first-order valence-electron chi connectivity index (χ1n) is 8.69. The highest BCUT2D eigenvalue weighted by molar-refractivity contribution is 5.99. The van der Waals surface area contributed by atoms with Crippen molar-refractivity contribution >= 4 is 23.2 Å². The monoisotopic (exact) mass is 354 g/mol. The molecule has 0 spiro atoms. The van der Waals surface area contributed by atoms with Crippen LogP contribution in [0.25, 0.3) is 0 Å². The first-order valence-corrected chi connectivity index (χ1v) is 8.69. The molecule has 3 rings (SSSR count). The standard InChI is InChI=1S/C20H22N2O4/c1-3-14-6-5-7-16(10-14)25-12-19(23)21-15-8-9-17-18(11-15)26-13-20(24)22(17)4-2/h5-11H,3-4,12-13H2,1-2H3,(H,21,23). The van der Waals surface area contributed by atoms with Crippen LogP contribution in [-0.2, 0) is 16.0 Å². The van der Waals surface area contributed by atoms with Gasteiger partial charge < -0.3 is 19.7 Å². The van der Waals surface area contributed by atoms with Crippen molar-refractivity contribution in [3.63, 3.8) is 0 Å². The Bertz CT molecular complexity index is 819. The highest BCUT2D eigenvalue weighted by atomic mass is 16.5. The van der Waals surface area contributed by atoms with Crippen LogP contribution in [0.1, 0.15) is 19.4 Å². The molecule has 0 saturated heterocycles. The maximum Gasteiger partial charge on any atom is 0.265 e. The van der Waals surface area contributed by atoms with Crippen molar-refractivity contribution in [2.75, 3.05) is 30.0 Å². The highest BCUT2D eigenvalue weighted by Crippen LogP contribution is 2.34. The normalized spacial score (nSPS) is 13.0. The van der Waals surface area contributed by atoms with Gasteiger partial charge in [0.15, 0.2) is 13.2 Å². The second-order valence-electron chi connectivity index (χ2n) is 5.95. The maximum absolute atomic E-state index is 12.1. The molecular formula is C20H22N2O4. The number of carbonyl (C=O) groups excluding carboxylic acids is 2. The second kappa shape index (κ2) is 7.91. The van der Waals surface area contributed by atoms with Gasteiger partial charge in [-0.15, -0.1) is 0 Å². The lowest BCUT2D eigenvalue weighted by atomic mass is 10.2. The Morgan fingerprint density at radius 1 is 1.23 bits per heavy atom. The van der Waals surface area contributed by atoms with Crippen LogP contribution in [0.2, 0.25) is 0 Å². The zero-order valence-electron chi connectivity index (χ0n) is 15.0. The van der Waals surface area contributed by atoms with E-state index in [4.69, 9.17) is 9.47 Å². The van der Waals surface area contributed by atoms with Gasteiger partial charge in [0.1, 0.15) is 11.5 Å². The molecule has 0 saturated carbocycles. The number of hydrogen-bond donors (Lipinski definition) is 1. The van der Waals surface area contributed by atoms with E-state index in [9.17, 15) is 9.59 Å². The summed E-state index contributed by atoms with van der Waals surface area (Å²) in [7, 11) is 0. The van der Waals surface area contributed by atoms with E-state index in [0.29, 0.717) is 23.7 Å². The topological polar surface area (TPSA) is 67.9 Å². The van der Waals surface area contributed by atoms with Crippen molar-refractivity contribution < 1.29 is 19.1 Å². The van der Waals surface area contributed by atoms with Gasteiger partial charge >= 0.3 is 0 Å². The number of rotatable bonds is 6. The van der Waals surface area contributed by atoms with Crippen molar-refractivity contribution in [2.24, 2.45) is 0 Å². The van der Waals surface area contributed by atoms with Crippen molar-refractivity contribution in [3.8, 4) is 11.5 Å². The fourth-order valence-corrected chi connectivity index (χ4v) is 2.83. The quantitative estimate of drug-likeness (QED) is 0.866. The molecule has 1 aliphatic heterocycles. The van der Waals surface area contributed by atoms with Crippen LogP contribution >= 0.6 is 0 Å². The molecule has 0 unspecified atom stereocenters. The Hall–Kier alpha value is -3.02. The molecule has 1 N–H and O–H groups in total. The smallest absolute Gasteiger partial charge is 0.265 e. The predicted molar refractivity (Wildman–Crippen MR) is 99.9 cm³/mol. The van der Waals surface area contributed by atoms with E-state index in [1.54, 1.807) is 23.1 Å². The zero-order valence-corrected chi connectivity index (χ0v) is 15.0. The number of aryl methyl sites for hydroxylation is 1. The minimum absolute atomic E-state index is 0.00905. The molecule has 0 radical (unpaired) electrons. The molecule has 0 aliphatic carbocycles. The van der Waals surface area contributed by atoms with Gasteiger partial charge in [-0.3, -0.25) is 9.59 Å². The maximum atomic E-state index is 12.1. The van der Waals surface area contributed by atoms with Gasteiger partial charge in [0, 0.05) is 18.3 Å². The number of carbonyl (C=O) groups is 2. The van der Waals surface area contributed by atoms with Gasteiger partial charge in [-0.25, -0.2) is 0 Å². The second-order valence-corrected chi connectivity index (χ2v) is 5.95. The molecule has 6 heteroatoms. The lowest BCUT2D eigenvalue weighted by Crippen LogP contribution is -2.38. The minimum atomic E-state index is -0.258. The molecule has 2 amide bonds. The zero-order chi connectivity index (χ0) is 18.5. The summed E-state index contributed by atoms with van der Waals surface area (Å²) in [6.07, 6.45) is 0.913. The van der Waals surface area contributed by atoms with Crippen LogP contribution in [0.3, 0.4) is 0 Å². The van der Waals surface area contributed by atoms with Crippen LogP contribution in [0.15, 0.2) is 42.5 Å². The number of likely N-dealkylation sites (N-methyl/N-ethyl adjacent to an activating group) is 1. The number of anilines is 2. The molecule has 0 aromatic heterocycles. The van der Waals surface area contributed by atoms with Crippen molar-refractivity contribution in [3.05, 3.63) is 48.0 Å². The number of benzene rings is 2. The molecule has 0 bridgehead atoms. The van der Waals surface area contributed by atoms with Gasteiger partial charge in [0.25, 0.3) is 11.8 Å². The van der Waals surface area contributed by atoms with E-state index in [2.05, 4.69) is 12.2 Å². The number of amides is 2. The number of nitrogens with zero attached hydrogens (tertiary/aromatic N) is 1. The van der Waals surface area contributed by atoms with Crippen LogP contribution in [-0.4, -0.2) is 31.6 Å². The Labute approximate surface area is 152 Å². The average Bonchev–Trinajstić information content (AvgIpc) is 2.66. The molecule has 2 aromatic rings. The molecule has 0 atom stereocenters. The molecule has 1 heterocycles. The van der Waals surface area contributed by atoms with E-state index in [-0.39, 0.29) is 25.0 Å². The van der Waals surface area contributed by atoms with Crippen LogP contribution in [0, 0.1) is 0 Å². The molecule has 26 heavy (non-hydrogen) atoms. The van der Waals surface area contributed by atoms with E-state index >= 15 is 0 Å². The molecular weight excluding hydrogens is 332 g/mol. The first-order chi connectivity index (χ1) is 12.6. The Morgan fingerprint density at radius 3 is 2.85 bits per heavy atom. The molecule has 2 aromatic carbocycles. The van der Waals surface area contributed by atoms with Crippen LogP contribution in [0.4, 0.5) is 11.4 Å². The van der Waals surface area contributed by atoms with Gasteiger partial charge in [-0.05, 0) is 43.2 Å². The fourth-order valence-electron chi connectivity index (χ4n) is 2.83. The lowest BCUT2D eigenvalue weighted by molar-refractivity contribution is -0.121. The third kappa shape index (κ3) is 3.96. The summed E-state index contributed by atoms with van der Waals surface area (Å²) in [5, 5.41) is 2.79. The minimum Gasteiger partial charge on any atom is -0.484 e. The van der Waals surface area contributed by atoms with Crippen molar-refractivity contribution in [2.45, 2.75) is 20.3 Å². The van der Waals surface area contributed by atoms with Crippen molar-refractivity contribution in [1.29, 1.82) is 0 Å². The van der Waals surface area contributed by atoms with Gasteiger partial charge in [-0.2, -0.15) is 0 Å². The number of nitrogens with one attached hydrogen (secondary N) is 1. The molecule has 1 aliphatic rings. The predicted octanol–water partition coefficient (Wildman–Crippen LogP) is 3.01. The highest BCUT2D eigenvalue weighted by Gasteiger charge is 2.24. The molecule has 136 valence electrons. The van der Waals surface area contributed by atoms with Crippen LogP contribution in [0.5, 0.6) is 11.5 Å². The fraction of sp³-hybridized carbons (Fsp3) is 0.300. The summed E-state index contributed by atoms with van der Waals surface area (Å²) in [4.78, 5) is 25.6. The summed E-state index contributed by atoms with van der Waals surface area (Å²) in [5.74, 6) is 0.928. The Morgan fingerprint density at radius 2 is 2.08 bits per heavy atom. The summed E-state index contributed by atoms with van der Waals surface area (Å²) in [5.41, 5.74) is 2.48. The Balaban J connectivity index is 1.62. The van der Waals surface area contributed by atoms with Crippen LogP contribution < -0.4 is 19.7 Å². The first kappa shape index (κ1) is 17.8.